The van der Waals surface area contributed by atoms with Gasteiger partial charge in [-0.05, 0) is 50.6 Å². The third-order valence-corrected chi connectivity index (χ3v) is 8.79. The van der Waals surface area contributed by atoms with Crippen LogP contribution in [0.5, 0.6) is 0 Å². The van der Waals surface area contributed by atoms with Gasteiger partial charge in [0.1, 0.15) is 5.82 Å². The van der Waals surface area contributed by atoms with Crippen LogP contribution in [0.25, 0.3) is 21.9 Å². The van der Waals surface area contributed by atoms with E-state index in [1.54, 1.807) is 22.8 Å². The minimum absolute atomic E-state index is 0.0101. The lowest BCUT2D eigenvalue weighted by atomic mass is 10.2. The minimum atomic E-state index is -3.55. The molecule has 0 unspecified atom stereocenters. The molecule has 0 aliphatic heterocycles. The summed E-state index contributed by atoms with van der Waals surface area (Å²) in [6.45, 7) is 6.80. The first-order valence-corrected chi connectivity index (χ1v) is 13.7. The normalized spacial score (nSPS) is 13.2. The SMILES string of the molecule is CC[C@@H](C)n1c(SCc2nc3cc(S(=O)(=O)N(C)C)ccc3n2CC)nc2ccccc2c1=O. The Balaban J connectivity index is 1.76. The van der Waals surface area contributed by atoms with E-state index in [1.807, 2.05) is 38.1 Å². The van der Waals surface area contributed by atoms with Crippen LogP contribution in [-0.2, 0) is 22.3 Å². The molecular formula is C24H29N5O3S2. The molecule has 34 heavy (non-hydrogen) atoms. The summed E-state index contributed by atoms with van der Waals surface area (Å²) in [5.74, 6) is 1.31. The van der Waals surface area contributed by atoms with Crippen molar-refractivity contribution in [2.24, 2.45) is 0 Å². The first-order chi connectivity index (χ1) is 16.2. The van der Waals surface area contributed by atoms with Gasteiger partial charge in [0.05, 0.1) is 32.6 Å². The van der Waals surface area contributed by atoms with Crippen molar-refractivity contribution in [2.45, 2.75) is 55.6 Å². The summed E-state index contributed by atoms with van der Waals surface area (Å²) in [5.41, 5.74) is 2.15. The van der Waals surface area contributed by atoms with Crippen molar-refractivity contribution in [3.63, 3.8) is 0 Å². The number of fused-ring (bicyclic) bond motifs is 2. The highest BCUT2D eigenvalue weighted by Gasteiger charge is 2.21. The van der Waals surface area contributed by atoms with Gasteiger partial charge in [0.2, 0.25) is 10.0 Å². The predicted molar refractivity (Wildman–Crippen MR) is 137 cm³/mol. The van der Waals surface area contributed by atoms with Gasteiger partial charge in [0, 0.05) is 26.7 Å². The lowest BCUT2D eigenvalue weighted by Crippen LogP contribution is -2.26. The average molecular weight is 500 g/mol. The summed E-state index contributed by atoms with van der Waals surface area (Å²) in [6, 6.07) is 12.5. The van der Waals surface area contributed by atoms with Crippen molar-refractivity contribution in [1.29, 1.82) is 0 Å². The van der Waals surface area contributed by atoms with Crippen LogP contribution < -0.4 is 5.56 Å². The Morgan fingerprint density at radius 1 is 1.06 bits per heavy atom. The number of benzene rings is 2. The van der Waals surface area contributed by atoms with E-state index in [-0.39, 0.29) is 16.5 Å². The number of nitrogens with zero attached hydrogens (tertiary/aromatic N) is 5. The van der Waals surface area contributed by atoms with Gasteiger partial charge in [-0.1, -0.05) is 30.8 Å². The van der Waals surface area contributed by atoms with E-state index >= 15 is 0 Å². The van der Waals surface area contributed by atoms with Crippen LogP contribution in [0.2, 0.25) is 0 Å². The molecule has 2 aromatic heterocycles. The van der Waals surface area contributed by atoms with Gasteiger partial charge in [-0.25, -0.2) is 22.7 Å². The molecule has 0 amide bonds. The van der Waals surface area contributed by atoms with Gasteiger partial charge in [-0.15, -0.1) is 0 Å². The highest BCUT2D eigenvalue weighted by molar-refractivity contribution is 7.98. The Kier molecular flexibility index (Phi) is 6.84. The van der Waals surface area contributed by atoms with Gasteiger partial charge in [-0.3, -0.25) is 9.36 Å². The Hall–Kier alpha value is -2.69. The van der Waals surface area contributed by atoms with Crippen LogP contribution in [0.4, 0.5) is 0 Å². The Morgan fingerprint density at radius 3 is 2.47 bits per heavy atom. The first kappa shape index (κ1) is 24.4. The molecule has 1 atom stereocenters. The summed E-state index contributed by atoms with van der Waals surface area (Å²) in [5, 5.41) is 1.27. The van der Waals surface area contributed by atoms with Crippen LogP contribution in [0.3, 0.4) is 0 Å². The van der Waals surface area contributed by atoms with Crippen molar-refractivity contribution in [3.8, 4) is 0 Å². The highest BCUT2D eigenvalue weighted by Crippen LogP contribution is 2.28. The zero-order valence-corrected chi connectivity index (χ0v) is 21.7. The maximum atomic E-state index is 13.2. The molecule has 0 fully saturated rings. The maximum Gasteiger partial charge on any atom is 0.262 e. The van der Waals surface area contributed by atoms with E-state index in [1.165, 1.54) is 30.2 Å². The zero-order chi connectivity index (χ0) is 24.6. The molecule has 2 heterocycles. The molecule has 4 aromatic rings. The fourth-order valence-corrected chi connectivity index (χ4v) is 5.89. The fourth-order valence-electron chi connectivity index (χ4n) is 3.92. The number of sulfonamides is 1. The smallest absolute Gasteiger partial charge is 0.262 e. The molecule has 0 saturated carbocycles. The summed E-state index contributed by atoms with van der Waals surface area (Å²) < 4.78 is 30.2. The van der Waals surface area contributed by atoms with Crippen LogP contribution in [0.1, 0.15) is 39.1 Å². The quantitative estimate of drug-likeness (QED) is 0.266. The van der Waals surface area contributed by atoms with Gasteiger partial charge in [0.25, 0.3) is 5.56 Å². The highest BCUT2D eigenvalue weighted by atomic mass is 32.2. The molecule has 0 bridgehead atoms. The third-order valence-electron chi connectivity index (χ3n) is 6.03. The van der Waals surface area contributed by atoms with Crippen molar-refractivity contribution < 1.29 is 8.42 Å². The summed E-state index contributed by atoms with van der Waals surface area (Å²) in [4.78, 5) is 23.0. The number of aromatic nitrogens is 4. The van der Waals surface area contributed by atoms with Crippen molar-refractivity contribution >= 4 is 43.7 Å². The predicted octanol–water partition coefficient (Wildman–Crippen LogP) is 4.28. The van der Waals surface area contributed by atoms with E-state index in [4.69, 9.17) is 9.97 Å². The van der Waals surface area contributed by atoms with Crippen molar-refractivity contribution in [3.05, 3.63) is 58.6 Å². The van der Waals surface area contributed by atoms with Crippen molar-refractivity contribution in [1.82, 2.24) is 23.4 Å². The molecular weight excluding hydrogens is 470 g/mol. The molecule has 0 saturated heterocycles. The van der Waals surface area contributed by atoms with Gasteiger partial charge >= 0.3 is 0 Å². The fraction of sp³-hybridized carbons (Fsp3) is 0.375. The second-order valence-electron chi connectivity index (χ2n) is 8.34. The lowest BCUT2D eigenvalue weighted by Gasteiger charge is -2.18. The van der Waals surface area contributed by atoms with Gasteiger partial charge < -0.3 is 4.57 Å². The van der Waals surface area contributed by atoms with Crippen LogP contribution in [0, 0.1) is 0 Å². The molecule has 2 aromatic carbocycles. The first-order valence-electron chi connectivity index (χ1n) is 11.2. The number of aryl methyl sites for hydroxylation is 1. The molecule has 4 rings (SSSR count). The summed E-state index contributed by atoms with van der Waals surface area (Å²) in [7, 11) is -0.520. The van der Waals surface area contributed by atoms with E-state index in [2.05, 4.69) is 11.5 Å². The number of imidazole rings is 1. The molecule has 0 radical (unpaired) electrons. The second kappa shape index (κ2) is 9.52. The minimum Gasteiger partial charge on any atom is -0.328 e. The topological polar surface area (TPSA) is 90.1 Å². The van der Waals surface area contributed by atoms with Crippen LogP contribution in [-0.4, -0.2) is 45.9 Å². The number of hydrogen-bond acceptors (Lipinski definition) is 6. The number of rotatable bonds is 8. The molecule has 0 aliphatic rings. The largest absolute Gasteiger partial charge is 0.328 e. The lowest BCUT2D eigenvalue weighted by molar-refractivity contribution is 0.468. The molecule has 10 heteroatoms. The zero-order valence-electron chi connectivity index (χ0n) is 20.0. The summed E-state index contributed by atoms with van der Waals surface area (Å²) in [6.07, 6.45) is 0.810. The Bertz CT molecular complexity index is 1520. The van der Waals surface area contributed by atoms with E-state index in [9.17, 15) is 13.2 Å². The second-order valence-corrected chi connectivity index (χ2v) is 11.4. The Morgan fingerprint density at radius 2 is 1.79 bits per heavy atom. The average Bonchev–Trinajstić information content (AvgIpc) is 3.19. The third kappa shape index (κ3) is 4.25. The molecule has 0 N–H and O–H groups in total. The molecule has 0 aliphatic carbocycles. The number of thioether (sulfide) groups is 1. The molecule has 0 spiro atoms. The Labute approximate surface area is 203 Å². The van der Waals surface area contributed by atoms with E-state index < -0.39 is 10.0 Å². The van der Waals surface area contributed by atoms with Gasteiger partial charge in [0.15, 0.2) is 5.16 Å². The van der Waals surface area contributed by atoms with E-state index in [0.717, 1.165) is 17.8 Å². The van der Waals surface area contributed by atoms with Crippen LogP contribution >= 0.6 is 11.8 Å². The number of hydrogen-bond donors (Lipinski definition) is 0. The van der Waals surface area contributed by atoms with Gasteiger partial charge in [-0.2, -0.15) is 0 Å². The maximum absolute atomic E-state index is 13.2. The summed E-state index contributed by atoms with van der Waals surface area (Å²) >= 11 is 1.47. The van der Waals surface area contributed by atoms with Crippen molar-refractivity contribution in [2.75, 3.05) is 14.1 Å². The standard InChI is InChI=1S/C24H29N5O3S2/c1-6-16(3)29-23(30)18-10-8-9-11-19(18)26-24(29)33-15-22-25-20-14-17(34(31,32)27(4)5)12-13-21(20)28(22)7-2/h8-14,16H,6-7,15H2,1-5H3/t16-/m1/s1. The molecule has 8 nitrogen and oxygen atoms in total. The monoisotopic (exact) mass is 499 g/mol. The van der Waals surface area contributed by atoms with Crippen LogP contribution in [0.15, 0.2) is 57.3 Å². The molecule has 180 valence electrons. The number of para-hydroxylation sites is 1. The van der Waals surface area contributed by atoms with E-state index in [0.29, 0.717) is 33.9 Å².